The SMILES string of the molecule is Cc1ccc(OC2CCCN(C(=O)OC(C)(C)C)C2)cc1CN. The van der Waals surface area contributed by atoms with Crippen molar-refractivity contribution < 1.29 is 14.3 Å². The van der Waals surface area contributed by atoms with Crippen LogP contribution in [0.5, 0.6) is 5.75 Å². The van der Waals surface area contributed by atoms with Gasteiger partial charge in [-0.3, -0.25) is 0 Å². The average molecular weight is 320 g/mol. The Hall–Kier alpha value is -1.75. The molecule has 1 heterocycles. The molecule has 1 saturated heterocycles. The summed E-state index contributed by atoms with van der Waals surface area (Å²) in [6.45, 7) is 9.45. The van der Waals surface area contributed by atoms with Crippen molar-refractivity contribution in [2.24, 2.45) is 5.73 Å². The summed E-state index contributed by atoms with van der Waals surface area (Å²) in [5, 5.41) is 0. The Labute approximate surface area is 138 Å². The van der Waals surface area contributed by atoms with Gasteiger partial charge in [0.1, 0.15) is 17.5 Å². The number of benzene rings is 1. The molecule has 0 aromatic heterocycles. The Morgan fingerprint density at radius 3 is 2.78 bits per heavy atom. The molecule has 1 aliphatic rings. The lowest BCUT2D eigenvalue weighted by molar-refractivity contribution is 0.00775. The molecule has 0 saturated carbocycles. The molecule has 0 bridgehead atoms. The molecule has 1 amide bonds. The third kappa shape index (κ3) is 5.13. The Bertz CT molecular complexity index is 552. The largest absolute Gasteiger partial charge is 0.489 e. The van der Waals surface area contributed by atoms with Crippen LogP contribution < -0.4 is 10.5 Å². The maximum Gasteiger partial charge on any atom is 0.410 e. The number of piperidine rings is 1. The minimum atomic E-state index is -0.474. The first-order valence-electron chi connectivity index (χ1n) is 8.22. The van der Waals surface area contributed by atoms with Crippen molar-refractivity contribution in [2.45, 2.75) is 58.8 Å². The van der Waals surface area contributed by atoms with Crippen molar-refractivity contribution in [1.82, 2.24) is 4.90 Å². The van der Waals surface area contributed by atoms with E-state index in [1.807, 2.05) is 45.9 Å². The Kier molecular flexibility index (Phi) is 5.52. The lowest BCUT2D eigenvalue weighted by Crippen LogP contribution is -2.46. The summed E-state index contributed by atoms with van der Waals surface area (Å²) in [5.74, 6) is 0.812. The van der Waals surface area contributed by atoms with Gasteiger partial charge in [-0.25, -0.2) is 4.79 Å². The number of hydrogen-bond acceptors (Lipinski definition) is 4. The number of amides is 1. The Morgan fingerprint density at radius 2 is 2.13 bits per heavy atom. The molecule has 1 fully saturated rings. The fourth-order valence-corrected chi connectivity index (χ4v) is 2.66. The topological polar surface area (TPSA) is 64.8 Å². The molecule has 1 unspecified atom stereocenters. The highest BCUT2D eigenvalue weighted by atomic mass is 16.6. The van der Waals surface area contributed by atoms with Gasteiger partial charge in [-0.1, -0.05) is 6.07 Å². The third-order valence-electron chi connectivity index (χ3n) is 3.87. The molecule has 23 heavy (non-hydrogen) atoms. The van der Waals surface area contributed by atoms with Crippen molar-refractivity contribution in [1.29, 1.82) is 0 Å². The molecular weight excluding hydrogens is 292 g/mol. The smallest absolute Gasteiger partial charge is 0.410 e. The van der Waals surface area contributed by atoms with Gasteiger partial charge in [0.25, 0.3) is 0 Å². The van der Waals surface area contributed by atoms with Gasteiger partial charge in [-0.15, -0.1) is 0 Å². The van der Waals surface area contributed by atoms with Crippen molar-refractivity contribution in [3.8, 4) is 5.75 Å². The summed E-state index contributed by atoms with van der Waals surface area (Å²) in [5.41, 5.74) is 7.53. The Morgan fingerprint density at radius 1 is 1.39 bits per heavy atom. The molecule has 1 atom stereocenters. The molecule has 0 radical (unpaired) electrons. The zero-order valence-corrected chi connectivity index (χ0v) is 14.6. The molecule has 128 valence electrons. The van der Waals surface area contributed by atoms with Crippen LogP contribution in [0.4, 0.5) is 4.79 Å². The first-order valence-corrected chi connectivity index (χ1v) is 8.22. The van der Waals surface area contributed by atoms with E-state index in [2.05, 4.69) is 0 Å². The van der Waals surface area contributed by atoms with E-state index in [0.717, 1.165) is 30.7 Å². The first-order chi connectivity index (χ1) is 10.8. The number of nitrogens with two attached hydrogens (primary N) is 1. The van der Waals surface area contributed by atoms with Crippen LogP contribution in [0.25, 0.3) is 0 Å². The van der Waals surface area contributed by atoms with E-state index >= 15 is 0 Å². The van der Waals surface area contributed by atoms with Gasteiger partial charge >= 0.3 is 6.09 Å². The molecule has 0 aliphatic carbocycles. The van der Waals surface area contributed by atoms with Crippen molar-refractivity contribution in [3.63, 3.8) is 0 Å². The van der Waals surface area contributed by atoms with Crippen LogP contribution in [0.1, 0.15) is 44.7 Å². The second-order valence-corrected chi connectivity index (χ2v) is 7.10. The summed E-state index contributed by atoms with van der Waals surface area (Å²) >= 11 is 0. The zero-order chi connectivity index (χ0) is 17.0. The van der Waals surface area contributed by atoms with Gasteiger partial charge in [0.15, 0.2) is 0 Å². The lowest BCUT2D eigenvalue weighted by atomic mass is 10.1. The Balaban J connectivity index is 1.97. The number of carbonyl (C=O) groups is 1. The monoisotopic (exact) mass is 320 g/mol. The molecule has 1 aromatic rings. The molecule has 1 aliphatic heterocycles. The van der Waals surface area contributed by atoms with Crippen LogP contribution in [0.3, 0.4) is 0 Å². The summed E-state index contributed by atoms with van der Waals surface area (Å²) in [6.07, 6.45) is 1.58. The standard InChI is InChI=1S/C18H28N2O3/c1-13-7-8-15(10-14(13)11-19)22-16-6-5-9-20(12-16)17(21)23-18(2,3)4/h7-8,10,16H,5-6,9,11-12,19H2,1-4H3. The van der Waals surface area contributed by atoms with Crippen molar-refractivity contribution in [2.75, 3.05) is 13.1 Å². The van der Waals surface area contributed by atoms with Gasteiger partial charge in [-0.05, 0) is 63.8 Å². The fraction of sp³-hybridized carbons (Fsp3) is 0.611. The first kappa shape index (κ1) is 17.6. The van der Waals surface area contributed by atoms with Gasteiger partial charge < -0.3 is 20.1 Å². The minimum Gasteiger partial charge on any atom is -0.489 e. The number of hydrogen-bond donors (Lipinski definition) is 1. The maximum atomic E-state index is 12.2. The van der Waals surface area contributed by atoms with Gasteiger partial charge in [-0.2, -0.15) is 0 Å². The molecule has 2 rings (SSSR count). The van der Waals surface area contributed by atoms with E-state index in [9.17, 15) is 4.79 Å². The van der Waals surface area contributed by atoms with Crippen molar-refractivity contribution in [3.05, 3.63) is 29.3 Å². The van der Waals surface area contributed by atoms with Gasteiger partial charge in [0, 0.05) is 13.1 Å². The second-order valence-electron chi connectivity index (χ2n) is 7.10. The molecule has 2 N–H and O–H groups in total. The molecule has 0 spiro atoms. The van der Waals surface area contributed by atoms with Gasteiger partial charge in [0.2, 0.25) is 0 Å². The molecule has 1 aromatic carbocycles. The average Bonchev–Trinajstić information content (AvgIpc) is 2.48. The number of ether oxygens (including phenoxy) is 2. The number of likely N-dealkylation sites (tertiary alicyclic amines) is 1. The quantitative estimate of drug-likeness (QED) is 0.928. The van der Waals surface area contributed by atoms with Crippen LogP contribution in [0.15, 0.2) is 18.2 Å². The van der Waals surface area contributed by atoms with Crippen molar-refractivity contribution >= 4 is 6.09 Å². The summed E-state index contributed by atoms with van der Waals surface area (Å²) < 4.78 is 11.5. The molecular formula is C18H28N2O3. The number of carbonyl (C=O) groups excluding carboxylic acids is 1. The fourth-order valence-electron chi connectivity index (χ4n) is 2.66. The zero-order valence-electron chi connectivity index (χ0n) is 14.6. The normalized spacial score (nSPS) is 18.7. The second kappa shape index (κ2) is 7.21. The summed E-state index contributed by atoms with van der Waals surface area (Å²) in [6, 6.07) is 5.97. The summed E-state index contributed by atoms with van der Waals surface area (Å²) in [4.78, 5) is 13.9. The predicted molar refractivity (Wildman–Crippen MR) is 90.5 cm³/mol. The van der Waals surface area contributed by atoms with Crippen LogP contribution in [0, 0.1) is 6.92 Å². The number of aryl methyl sites for hydroxylation is 1. The number of rotatable bonds is 3. The molecule has 5 nitrogen and oxygen atoms in total. The highest BCUT2D eigenvalue weighted by Crippen LogP contribution is 2.22. The van der Waals surface area contributed by atoms with E-state index in [1.54, 1.807) is 4.90 Å². The van der Waals surface area contributed by atoms with Crippen LogP contribution in [-0.2, 0) is 11.3 Å². The van der Waals surface area contributed by atoms with E-state index in [1.165, 1.54) is 5.56 Å². The highest BCUT2D eigenvalue weighted by molar-refractivity contribution is 5.68. The predicted octanol–water partition coefficient (Wildman–Crippen LogP) is 3.23. The number of nitrogens with zero attached hydrogens (tertiary/aromatic N) is 1. The van der Waals surface area contributed by atoms with E-state index in [-0.39, 0.29) is 12.2 Å². The highest BCUT2D eigenvalue weighted by Gasteiger charge is 2.28. The van der Waals surface area contributed by atoms with Gasteiger partial charge in [0.05, 0.1) is 6.54 Å². The lowest BCUT2D eigenvalue weighted by Gasteiger charge is -2.34. The summed E-state index contributed by atoms with van der Waals surface area (Å²) in [7, 11) is 0. The minimum absolute atomic E-state index is 0.00963. The van der Waals surface area contributed by atoms with Crippen LogP contribution in [-0.4, -0.2) is 35.8 Å². The molecule has 5 heteroatoms. The third-order valence-corrected chi connectivity index (χ3v) is 3.87. The maximum absolute atomic E-state index is 12.2. The van der Waals surface area contributed by atoms with E-state index < -0.39 is 5.60 Å². The van der Waals surface area contributed by atoms with E-state index in [0.29, 0.717) is 13.1 Å². The van der Waals surface area contributed by atoms with Crippen LogP contribution in [0.2, 0.25) is 0 Å². The van der Waals surface area contributed by atoms with E-state index in [4.69, 9.17) is 15.2 Å². The van der Waals surface area contributed by atoms with Crippen LogP contribution >= 0.6 is 0 Å².